The molecule has 28 heavy (non-hydrogen) atoms. The van der Waals surface area contributed by atoms with Crippen molar-refractivity contribution < 1.29 is 23.9 Å². The van der Waals surface area contributed by atoms with Gasteiger partial charge in [0.2, 0.25) is 5.91 Å². The lowest BCUT2D eigenvalue weighted by atomic mass is 10.0. The lowest BCUT2D eigenvalue weighted by molar-refractivity contribution is -0.144. The molecule has 1 atom stereocenters. The number of hydrogen-bond acceptors (Lipinski definition) is 5. The fourth-order valence-corrected chi connectivity index (χ4v) is 2.98. The molecule has 1 N–H and O–H groups in total. The van der Waals surface area contributed by atoms with Gasteiger partial charge in [0.1, 0.15) is 5.84 Å². The van der Waals surface area contributed by atoms with E-state index in [-0.39, 0.29) is 12.4 Å². The van der Waals surface area contributed by atoms with E-state index in [9.17, 15) is 14.4 Å². The number of amides is 3. The number of nitrogens with one attached hydrogen (secondary N) is 1. The van der Waals surface area contributed by atoms with Gasteiger partial charge in [-0.25, -0.2) is 0 Å². The van der Waals surface area contributed by atoms with Crippen LogP contribution in [0.3, 0.4) is 0 Å². The summed E-state index contributed by atoms with van der Waals surface area (Å²) in [5.41, 5.74) is 1.78. The molecule has 8 heteroatoms. The first-order valence-corrected chi connectivity index (χ1v) is 8.75. The van der Waals surface area contributed by atoms with Crippen LogP contribution in [0.25, 0.3) is 0 Å². The van der Waals surface area contributed by atoms with Crippen LogP contribution in [-0.2, 0) is 20.8 Å². The Morgan fingerprint density at radius 3 is 2.68 bits per heavy atom. The monoisotopic (exact) mass is 383 g/mol. The number of carbonyl (C=O) groups excluding carboxylic acids is 3. The molecule has 1 unspecified atom stereocenters. The van der Waals surface area contributed by atoms with Crippen LogP contribution in [0.4, 0.5) is 0 Å². The smallest absolute Gasteiger partial charge is 0.269 e. The minimum absolute atomic E-state index is 0.240. The third-order valence-electron chi connectivity index (χ3n) is 4.47. The van der Waals surface area contributed by atoms with Gasteiger partial charge >= 0.3 is 0 Å². The number of rotatable bonds is 6. The molecule has 0 aliphatic carbocycles. The van der Waals surface area contributed by atoms with Crippen molar-refractivity contribution in [1.82, 2.24) is 10.2 Å². The molecule has 8 nitrogen and oxygen atoms in total. The van der Waals surface area contributed by atoms with E-state index in [1.807, 2.05) is 19.1 Å². The first-order valence-electron chi connectivity index (χ1n) is 8.75. The summed E-state index contributed by atoms with van der Waals surface area (Å²) < 4.78 is 10.4. The third-order valence-corrected chi connectivity index (χ3v) is 4.47. The molecular weight excluding hydrogens is 362 g/mol. The molecule has 0 aromatic heterocycles. The zero-order chi connectivity index (χ0) is 20.3. The van der Waals surface area contributed by atoms with Crippen LogP contribution in [0.1, 0.15) is 12.5 Å². The van der Waals surface area contributed by atoms with Gasteiger partial charge in [0.05, 0.1) is 14.2 Å². The van der Waals surface area contributed by atoms with E-state index in [1.165, 1.54) is 11.1 Å². The van der Waals surface area contributed by atoms with Gasteiger partial charge in [-0.15, -0.1) is 0 Å². The largest absolute Gasteiger partial charge is 0.493 e. The summed E-state index contributed by atoms with van der Waals surface area (Å²) in [5, 5.41) is 2.64. The Morgan fingerprint density at radius 2 is 1.96 bits per heavy atom. The van der Waals surface area contributed by atoms with E-state index in [4.69, 9.17) is 9.47 Å². The minimum Gasteiger partial charge on any atom is -0.493 e. The van der Waals surface area contributed by atoms with Gasteiger partial charge in [-0.3, -0.25) is 19.3 Å². The van der Waals surface area contributed by atoms with Crippen molar-refractivity contribution in [2.75, 3.05) is 20.8 Å². The molecule has 2 aliphatic rings. The van der Waals surface area contributed by atoms with Crippen molar-refractivity contribution in [3.05, 3.63) is 47.7 Å². The van der Waals surface area contributed by atoms with Crippen molar-refractivity contribution in [2.24, 2.45) is 10.9 Å². The highest BCUT2D eigenvalue weighted by atomic mass is 16.5. The molecular formula is C20H21N3O5. The van der Waals surface area contributed by atoms with Gasteiger partial charge in [0.25, 0.3) is 11.8 Å². The van der Waals surface area contributed by atoms with Crippen LogP contribution in [0.5, 0.6) is 11.5 Å². The van der Waals surface area contributed by atoms with Gasteiger partial charge in [-0.05, 0) is 48.8 Å². The van der Waals surface area contributed by atoms with E-state index >= 15 is 0 Å². The lowest BCUT2D eigenvalue weighted by Gasteiger charge is -2.28. The predicted molar refractivity (Wildman–Crippen MR) is 102 cm³/mol. The van der Waals surface area contributed by atoms with Crippen LogP contribution < -0.4 is 14.8 Å². The number of fused-ring (bicyclic) bond motifs is 1. The molecule has 3 amide bonds. The van der Waals surface area contributed by atoms with Crippen molar-refractivity contribution in [3.8, 4) is 11.5 Å². The summed E-state index contributed by atoms with van der Waals surface area (Å²) in [6, 6.07) is 5.44. The summed E-state index contributed by atoms with van der Waals surface area (Å²) in [7, 11) is 3.10. The van der Waals surface area contributed by atoms with Crippen molar-refractivity contribution in [1.29, 1.82) is 0 Å². The highest BCUT2D eigenvalue weighted by molar-refractivity contribution is 6.28. The molecule has 0 radical (unpaired) electrons. The Morgan fingerprint density at radius 1 is 1.21 bits per heavy atom. The molecule has 2 aliphatic heterocycles. The summed E-state index contributed by atoms with van der Waals surface area (Å²) >= 11 is 0. The highest BCUT2D eigenvalue weighted by Gasteiger charge is 2.41. The number of carbonyl (C=O) groups is 3. The minimum atomic E-state index is -1.47. The molecule has 0 saturated heterocycles. The number of allylic oxidation sites excluding steroid dienone is 2. The molecule has 0 fully saturated rings. The second-order valence-electron chi connectivity index (χ2n) is 6.38. The zero-order valence-corrected chi connectivity index (χ0v) is 15.9. The lowest BCUT2D eigenvalue weighted by Crippen LogP contribution is -2.51. The molecule has 0 saturated carbocycles. The van der Waals surface area contributed by atoms with Crippen LogP contribution in [0.2, 0.25) is 0 Å². The molecule has 0 spiro atoms. The van der Waals surface area contributed by atoms with Gasteiger partial charge in [-0.2, -0.15) is 4.99 Å². The van der Waals surface area contributed by atoms with Crippen LogP contribution in [-0.4, -0.2) is 49.2 Å². The number of methoxy groups -OCH3 is 2. The first-order chi connectivity index (χ1) is 13.4. The average molecular weight is 383 g/mol. The van der Waals surface area contributed by atoms with Crippen molar-refractivity contribution in [3.63, 3.8) is 0 Å². The van der Waals surface area contributed by atoms with E-state index in [0.29, 0.717) is 17.9 Å². The molecule has 146 valence electrons. The van der Waals surface area contributed by atoms with E-state index < -0.39 is 23.6 Å². The van der Waals surface area contributed by atoms with Gasteiger partial charge < -0.3 is 14.8 Å². The van der Waals surface area contributed by atoms with Gasteiger partial charge in [0.15, 0.2) is 17.4 Å². The third kappa shape index (κ3) is 3.80. The topological polar surface area (TPSA) is 97.3 Å². The highest BCUT2D eigenvalue weighted by Crippen LogP contribution is 2.27. The van der Waals surface area contributed by atoms with Crippen LogP contribution in [0, 0.1) is 5.92 Å². The maximum atomic E-state index is 12.6. The quantitative estimate of drug-likeness (QED) is 0.745. The average Bonchev–Trinajstić information content (AvgIpc) is 2.67. The maximum absolute atomic E-state index is 12.6. The second kappa shape index (κ2) is 8.08. The van der Waals surface area contributed by atoms with Crippen LogP contribution >= 0.6 is 0 Å². The Labute approximate surface area is 162 Å². The fourth-order valence-electron chi connectivity index (χ4n) is 2.98. The predicted octanol–water partition coefficient (Wildman–Crippen LogP) is 1.22. The molecule has 3 rings (SSSR count). The Kier molecular flexibility index (Phi) is 5.58. The maximum Gasteiger partial charge on any atom is 0.269 e. The summed E-state index contributed by atoms with van der Waals surface area (Å²) in [5.74, 6) is -2.03. The number of ether oxygens (including phenoxy) is 2. The summed E-state index contributed by atoms with van der Waals surface area (Å²) in [6.45, 7) is 2.09. The molecule has 1 aromatic carbocycles. The standard InChI is InChI=1S/C20H21N3O5/c1-12-7-9-23-16(10-12)22-19(25)17(20(23)26)18(24)21-8-6-13-4-5-14(27-2)15(11-13)28-3/h4-5,7,9-11,17H,6,8H2,1-3H3,(H,21,24). The molecule has 1 aromatic rings. The summed E-state index contributed by atoms with van der Waals surface area (Å²) in [4.78, 5) is 42.3. The number of nitrogens with zero attached hydrogens (tertiary/aromatic N) is 2. The van der Waals surface area contributed by atoms with E-state index in [2.05, 4.69) is 10.3 Å². The van der Waals surface area contributed by atoms with Crippen LogP contribution in [0.15, 0.2) is 47.1 Å². The second-order valence-corrected chi connectivity index (χ2v) is 6.38. The Balaban J connectivity index is 1.63. The van der Waals surface area contributed by atoms with E-state index in [1.54, 1.807) is 32.4 Å². The fraction of sp³-hybridized carbons (Fsp3) is 0.300. The number of benzene rings is 1. The SMILES string of the molecule is COc1ccc(CCNC(=O)C2C(=O)N=C3C=C(C)C=CN3C2=O)cc1OC. The van der Waals surface area contributed by atoms with Gasteiger partial charge in [0, 0.05) is 12.7 Å². The molecule has 2 heterocycles. The Bertz CT molecular complexity index is 916. The van der Waals surface area contributed by atoms with Crippen molar-refractivity contribution in [2.45, 2.75) is 13.3 Å². The number of hydrogen-bond donors (Lipinski definition) is 1. The van der Waals surface area contributed by atoms with E-state index in [0.717, 1.165) is 11.1 Å². The number of amidine groups is 1. The van der Waals surface area contributed by atoms with Gasteiger partial charge in [-0.1, -0.05) is 6.07 Å². The first kappa shape index (κ1) is 19.3. The van der Waals surface area contributed by atoms with Crippen molar-refractivity contribution >= 4 is 23.6 Å². The Hall–Kier alpha value is -3.42. The number of aliphatic imine (C=N–C) groups is 1. The zero-order valence-electron chi connectivity index (χ0n) is 15.9. The summed E-state index contributed by atoms with van der Waals surface area (Å²) in [6.07, 6.45) is 5.37. The molecule has 0 bridgehead atoms. The normalized spacial score (nSPS) is 18.2.